The van der Waals surface area contributed by atoms with Crippen molar-refractivity contribution in [1.29, 1.82) is 0 Å². The van der Waals surface area contributed by atoms with E-state index in [0.29, 0.717) is 11.3 Å². The number of hydrogen-bond donors (Lipinski definition) is 1. The van der Waals surface area contributed by atoms with Crippen LogP contribution in [0.2, 0.25) is 0 Å². The Morgan fingerprint density at radius 1 is 1.11 bits per heavy atom. The van der Waals surface area contributed by atoms with Crippen molar-refractivity contribution in [1.82, 2.24) is 10.5 Å². The number of aryl methyl sites for hydroxylation is 1. The first kappa shape index (κ1) is 18.7. The van der Waals surface area contributed by atoms with Gasteiger partial charge in [-0.05, 0) is 31.5 Å². The number of rotatable bonds is 4. The third kappa shape index (κ3) is 4.36. The van der Waals surface area contributed by atoms with Crippen LogP contribution in [-0.2, 0) is 6.18 Å². The SMILES string of the molecule is Cc1ccc(-c2cc(C(=O)NC(C)c3cccc(C(F)(F)F)c3)no2)cc1. The molecule has 1 N–H and O–H groups in total. The molecule has 27 heavy (non-hydrogen) atoms. The molecule has 1 amide bonds. The van der Waals surface area contributed by atoms with E-state index in [1.54, 1.807) is 6.92 Å². The number of alkyl halides is 3. The highest BCUT2D eigenvalue weighted by Crippen LogP contribution is 2.30. The summed E-state index contributed by atoms with van der Waals surface area (Å²) in [6.07, 6.45) is -4.44. The second kappa shape index (κ2) is 7.26. The third-order valence-electron chi connectivity index (χ3n) is 4.14. The van der Waals surface area contributed by atoms with Crippen molar-refractivity contribution in [3.8, 4) is 11.3 Å². The molecule has 0 aliphatic rings. The lowest BCUT2D eigenvalue weighted by Gasteiger charge is -2.15. The Morgan fingerprint density at radius 3 is 2.48 bits per heavy atom. The molecule has 0 aliphatic heterocycles. The predicted octanol–water partition coefficient (Wildman–Crippen LogP) is 5.16. The maximum Gasteiger partial charge on any atom is 0.416 e. The fourth-order valence-corrected chi connectivity index (χ4v) is 2.57. The van der Waals surface area contributed by atoms with Gasteiger partial charge in [0.25, 0.3) is 5.91 Å². The normalized spacial score (nSPS) is 12.6. The van der Waals surface area contributed by atoms with Crippen molar-refractivity contribution in [2.45, 2.75) is 26.1 Å². The van der Waals surface area contributed by atoms with Gasteiger partial charge in [0.15, 0.2) is 11.5 Å². The first-order valence-electron chi connectivity index (χ1n) is 8.26. The first-order valence-corrected chi connectivity index (χ1v) is 8.26. The lowest BCUT2D eigenvalue weighted by Crippen LogP contribution is -2.27. The van der Waals surface area contributed by atoms with Crippen LogP contribution in [0, 0.1) is 6.92 Å². The average molecular weight is 374 g/mol. The summed E-state index contributed by atoms with van der Waals surface area (Å²) in [6.45, 7) is 3.56. The van der Waals surface area contributed by atoms with Crippen molar-refractivity contribution >= 4 is 5.91 Å². The largest absolute Gasteiger partial charge is 0.416 e. The van der Waals surface area contributed by atoms with E-state index in [-0.39, 0.29) is 5.69 Å². The van der Waals surface area contributed by atoms with Crippen LogP contribution in [-0.4, -0.2) is 11.1 Å². The van der Waals surface area contributed by atoms with Gasteiger partial charge in [-0.25, -0.2) is 0 Å². The van der Waals surface area contributed by atoms with Crippen molar-refractivity contribution in [3.63, 3.8) is 0 Å². The molecule has 7 heteroatoms. The number of halogens is 3. The van der Waals surface area contributed by atoms with E-state index in [2.05, 4.69) is 10.5 Å². The number of nitrogens with zero attached hydrogens (tertiary/aromatic N) is 1. The number of aromatic nitrogens is 1. The third-order valence-corrected chi connectivity index (χ3v) is 4.14. The Kier molecular flexibility index (Phi) is 5.03. The summed E-state index contributed by atoms with van der Waals surface area (Å²) in [4.78, 5) is 12.4. The molecule has 0 bridgehead atoms. The van der Waals surface area contributed by atoms with Gasteiger partial charge >= 0.3 is 6.18 Å². The molecule has 0 spiro atoms. The summed E-state index contributed by atoms with van der Waals surface area (Å²) < 4.78 is 43.7. The standard InChI is InChI=1S/C20H17F3N2O2/c1-12-6-8-14(9-7-12)18-11-17(25-27-18)19(26)24-13(2)15-4-3-5-16(10-15)20(21,22)23/h3-11,13H,1-2H3,(H,24,26). The highest BCUT2D eigenvalue weighted by atomic mass is 19.4. The van der Waals surface area contributed by atoms with Crippen LogP contribution in [0.5, 0.6) is 0 Å². The van der Waals surface area contributed by atoms with Crippen LogP contribution in [0.3, 0.4) is 0 Å². The summed E-state index contributed by atoms with van der Waals surface area (Å²) in [5.74, 6) is -0.0890. The van der Waals surface area contributed by atoms with Gasteiger partial charge in [-0.15, -0.1) is 0 Å². The van der Waals surface area contributed by atoms with E-state index in [4.69, 9.17) is 4.52 Å². The number of amides is 1. The molecule has 0 radical (unpaired) electrons. The molecular weight excluding hydrogens is 357 g/mol. The minimum Gasteiger partial charge on any atom is -0.355 e. The average Bonchev–Trinajstić information content (AvgIpc) is 3.12. The zero-order valence-electron chi connectivity index (χ0n) is 14.7. The van der Waals surface area contributed by atoms with Crippen molar-refractivity contribution in [2.24, 2.45) is 0 Å². The van der Waals surface area contributed by atoms with Gasteiger partial charge in [0.05, 0.1) is 11.6 Å². The Hall–Kier alpha value is -3.09. The van der Waals surface area contributed by atoms with Gasteiger partial charge in [0.2, 0.25) is 0 Å². The number of carbonyl (C=O) groups is 1. The molecule has 2 aromatic carbocycles. The topological polar surface area (TPSA) is 55.1 Å². The molecule has 0 saturated heterocycles. The minimum absolute atomic E-state index is 0.0596. The zero-order chi connectivity index (χ0) is 19.6. The van der Waals surface area contributed by atoms with Crippen LogP contribution in [0.25, 0.3) is 11.3 Å². The summed E-state index contributed by atoms with van der Waals surface area (Å²) in [6, 6.07) is 13.2. The summed E-state index contributed by atoms with van der Waals surface area (Å²) in [5.41, 5.74) is 1.51. The summed E-state index contributed by atoms with van der Waals surface area (Å²) in [5, 5.41) is 6.39. The van der Waals surface area contributed by atoms with E-state index in [0.717, 1.165) is 23.3 Å². The number of nitrogens with one attached hydrogen (secondary N) is 1. The Balaban J connectivity index is 1.73. The molecular formula is C20H17F3N2O2. The van der Waals surface area contributed by atoms with Crippen LogP contribution in [0.4, 0.5) is 13.2 Å². The van der Waals surface area contributed by atoms with Gasteiger partial charge in [0.1, 0.15) is 0 Å². The molecule has 0 aliphatic carbocycles. The van der Waals surface area contributed by atoms with Crippen LogP contribution in [0.15, 0.2) is 59.1 Å². The lowest BCUT2D eigenvalue weighted by molar-refractivity contribution is -0.137. The fourth-order valence-electron chi connectivity index (χ4n) is 2.57. The van der Waals surface area contributed by atoms with Gasteiger partial charge < -0.3 is 9.84 Å². The molecule has 3 rings (SSSR count). The monoisotopic (exact) mass is 374 g/mol. The van der Waals surface area contributed by atoms with Gasteiger partial charge in [-0.2, -0.15) is 13.2 Å². The minimum atomic E-state index is -4.44. The van der Waals surface area contributed by atoms with Crippen molar-refractivity contribution < 1.29 is 22.5 Å². The van der Waals surface area contributed by atoms with Crippen molar-refractivity contribution in [2.75, 3.05) is 0 Å². The van der Waals surface area contributed by atoms with E-state index >= 15 is 0 Å². The van der Waals surface area contributed by atoms with Crippen LogP contribution >= 0.6 is 0 Å². The number of carbonyl (C=O) groups excluding carboxylic acids is 1. The summed E-state index contributed by atoms with van der Waals surface area (Å²) >= 11 is 0. The van der Waals surface area contributed by atoms with E-state index in [9.17, 15) is 18.0 Å². The van der Waals surface area contributed by atoms with Gasteiger partial charge in [-0.3, -0.25) is 4.79 Å². The molecule has 4 nitrogen and oxygen atoms in total. The quantitative estimate of drug-likeness (QED) is 0.686. The van der Waals surface area contributed by atoms with Crippen LogP contribution < -0.4 is 5.32 Å². The highest BCUT2D eigenvalue weighted by molar-refractivity contribution is 5.93. The molecule has 0 saturated carbocycles. The molecule has 1 unspecified atom stereocenters. The second-order valence-corrected chi connectivity index (χ2v) is 6.26. The van der Waals surface area contributed by atoms with E-state index in [1.807, 2.05) is 31.2 Å². The lowest BCUT2D eigenvalue weighted by atomic mass is 10.0. The smallest absolute Gasteiger partial charge is 0.355 e. The molecule has 3 aromatic rings. The molecule has 1 atom stereocenters. The summed E-state index contributed by atoms with van der Waals surface area (Å²) in [7, 11) is 0. The number of hydrogen-bond acceptors (Lipinski definition) is 3. The maximum absolute atomic E-state index is 12.8. The van der Waals surface area contributed by atoms with E-state index in [1.165, 1.54) is 18.2 Å². The van der Waals surface area contributed by atoms with Gasteiger partial charge in [-0.1, -0.05) is 47.1 Å². The molecule has 140 valence electrons. The fraction of sp³-hybridized carbons (Fsp3) is 0.200. The van der Waals surface area contributed by atoms with Crippen LogP contribution in [0.1, 0.15) is 40.1 Å². The van der Waals surface area contributed by atoms with E-state index < -0.39 is 23.7 Å². The number of benzene rings is 2. The zero-order valence-corrected chi connectivity index (χ0v) is 14.7. The maximum atomic E-state index is 12.8. The second-order valence-electron chi connectivity index (χ2n) is 6.26. The molecule has 0 fully saturated rings. The Labute approximate surface area is 154 Å². The molecule has 1 heterocycles. The predicted molar refractivity (Wildman–Crippen MR) is 94.0 cm³/mol. The van der Waals surface area contributed by atoms with Gasteiger partial charge in [0, 0.05) is 11.6 Å². The first-order chi connectivity index (χ1) is 12.7. The highest BCUT2D eigenvalue weighted by Gasteiger charge is 2.30. The van der Waals surface area contributed by atoms with Crippen molar-refractivity contribution in [3.05, 3.63) is 77.0 Å². The Bertz CT molecular complexity index is 946. The molecule has 1 aromatic heterocycles. The Morgan fingerprint density at radius 2 is 1.81 bits per heavy atom.